The summed E-state index contributed by atoms with van der Waals surface area (Å²) in [5, 5.41) is 13.9. The van der Waals surface area contributed by atoms with E-state index < -0.39 is 0 Å². The molecule has 3 aromatic carbocycles. The minimum Gasteiger partial charge on any atom is -0.492 e. The van der Waals surface area contributed by atoms with Crippen molar-refractivity contribution in [2.24, 2.45) is 0 Å². The van der Waals surface area contributed by atoms with Crippen LogP contribution in [-0.2, 0) is 0 Å². The molecule has 4 aromatic rings. The Balaban J connectivity index is 1.37. The number of likely N-dealkylation sites (tertiary alicyclic amines) is 1. The number of amides is 1. The molecule has 2 N–H and O–H groups in total. The van der Waals surface area contributed by atoms with E-state index in [9.17, 15) is 4.79 Å². The summed E-state index contributed by atoms with van der Waals surface area (Å²) in [5.41, 5.74) is 3.42. The van der Waals surface area contributed by atoms with Crippen LogP contribution in [0.3, 0.4) is 0 Å². The van der Waals surface area contributed by atoms with Gasteiger partial charge in [0.05, 0.1) is 11.2 Å². The zero-order chi connectivity index (χ0) is 24.4. The van der Waals surface area contributed by atoms with Gasteiger partial charge in [0.25, 0.3) is 5.91 Å². The van der Waals surface area contributed by atoms with E-state index in [-0.39, 0.29) is 11.9 Å². The van der Waals surface area contributed by atoms with Gasteiger partial charge in [0.2, 0.25) is 0 Å². The smallest absolute Gasteiger partial charge is 0.251 e. The second kappa shape index (κ2) is 10.1. The molecule has 1 fully saturated rings. The lowest BCUT2D eigenvalue weighted by Gasteiger charge is -2.22. The summed E-state index contributed by atoms with van der Waals surface area (Å²) in [6, 6.07) is 19.0. The van der Waals surface area contributed by atoms with Gasteiger partial charge in [-0.2, -0.15) is 5.10 Å². The van der Waals surface area contributed by atoms with Gasteiger partial charge in [0, 0.05) is 28.6 Å². The predicted molar refractivity (Wildman–Crippen MR) is 142 cm³/mol. The third kappa shape index (κ3) is 4.89. The molecule has 0 radical (unpaired) electrons. The molecule has 2 atom stereocenters. The Bertz CT molecular complexity index is 1350. The molecule has 2 heterocycles. The number of H-pyrrole nitrogens is 1. The summed E-state index contributed by atoms with van der Waals surface area (Å²) in [6.07, 6.45) is 3.37. The molecule has 0 saturated carbocycles. The Morgan fingerprint density at radius 1 is 1.14 bits per heavy atom. The average Bonchev–Trinajstić information content (AvgIpc) is 3.53. The standard InChI is InChI=1S/C29H34N4O2/c1-4-19(3)30-29(34)23-11-13-27-26(17-23)28(32-31-27)22-9-8-21-16-25(12-10-20(21)15-22)35-18-24-7-6-14-33(24)5-2/h8-13,15-17,19,24H,4-7,14,18H2,1-3H3,(H,30,34)(H,31,32)/t19?,24-/m1/s1. The molecule has 6 heteroatoms. The van der Waals surface area contributed by atoms with Crippen molar-refractivity contribution in [3.63, 3.8) is 0 Å². The Hall–Kier alpha value is -3.38. The third-order valence-electron chi connectivity index (χ3n) is 7.25. The van der Waals surface area contributed by atoms with Gasteiger partial charge in [-0.3, -0.25) is 14.8 Å². The summed E-state index contributed by atoms with van der Waals surface area (Å²) in [6.45, 7) is 9.30. The molecule has 35 heavy (non-hydrogen) atoms. The van der Waals surface area contributed by atoms with Gasteiger partial charge in [-0.15, -0.1) is 0 Å². The largest absolute Gasteiger partial charge is 0.492 e. The SMILES string of the molecule is CCC(C)NC(=O)c1ccc2[nH]nc(-c3ccc4cc(OC[C@H]5CCCN5CC)ccc4c3)c2c1. The Morgan fingerprint density at radius 2 is 1.97 bits per heavy atom. The van der Waals surface area contributed by atoms with E-state index in [1.807, 2.05) is 25.1 Å². The molecule has 1 aromatic heterocycles. The van der Waals surface area contributed by atoms with Crippen molar-refractivity contribution in [3.05, 3.63) is 60.2 Å². The average molecular weight is 471 g/mol. The summed E-state index contributed by atoms with van der Waals surface area (Å²) in [5.74, 6) is 0.856. The Kier molecular flexibility index (Phi) is 6.73. The maximum Gasteiger partial charge on any atom is 0.251 e. The van der Waals surface area contributed by atoms with Crippen molar-refractivity contribution < 1.29 is 9.53 Å². The van der Waals surface area contributed by atoms with E-state index in [4.69, 9.17) is 4.74 Å². The molecule has 0 bridgehead atoms. The van der Waals surface area contributed by atoms with Gasteiger partial charge in [-0.25, -0.2) is 0 Å². The highest BCUT2D eigenvalue weighted by atomic mass is 16.5. The van der Waals surface area contributed by atoms with Crippen LogP contribution in [-0.4, -0.2) is 52.8 Å². The summed E-state index contributed by atoms with van der Waals surface area (Å²) >= 11 is 0. The van der Waals surface area contributed by atoms with Crippen molar-refractivity contribution in [2.45, 2.75) is 52.1 Å². The van der Waals surface area contributed by atoms with Gasteiger partial charge >= 0.3 is 0 Å². The quantitative estimate of drug-likeness (QED) is 0.343. The normalized spacial score (nSPS) is 17.2. The first-order chi connectivity index (χ1) is 17.1. The molecular weight excluding hydrogens is 436 g/mol. The minimum absolute atomic E-state index is 0.0564. The van der Waals surface area contributed by atoms with Crippen LogP contribution in [0.1, 0.15) is 50.4 Å². The summed E-state index contributed by atoms with van der Waals surface area (Å²) in [7, 11) is 0. The first-order valence-electron chi connectivity index (χ1n) is 12.8. The van der Waals surface area contributed by atoms with E-state index in [2.05, 4.69) is 70.7 Å². The maximum absolute atomic E-state index is 12.7. The number of aromatic amines is 1. The van der Waals surface area contributed by atoms with Gasteiger partial charge in [-0.1, -0.05) is 32.0 Å². The van der Waals surface area contributed by atoms with Crippen LogP contribution in [0.15, 0.2) is 54.6 Å². The number of benzene rings is 3. The van der Waals surface area contributed by atoms with Crippen molar-refractivity contribution in [2.75, 3.05) is 19.7 Å². The number of fused-ring (bicyclic) bond motifs is 2. The van der Waals surface area contributed by atoms with Crippen molar-refractivity contribution in [3.8, 4) is 17.0 Å². The summed E-state index contributed by atoms with van der Waals surface area (Å²) < 4.78 is 6.16. The number of carbonyl (C=O) groups excluding carboxylic acids is 1. The van der Waals surface area contributed by atoms with Crippen LogP contribution >= 0.6 is 0 Å². The minimum atomic E-state index is -0.0564. The van der Waals surface area contributed by atoms with Crippen molar-refractivity contribution >= 4 is 27.6 Å². The number of carbonyl (C=O) groups is 1. The maximum atomic E-state index is 12.7. The van der Waals surface area contributed by atoms with E-state index in [1.54, 1.807) is 0 Å². The summed E-state index contributed by atoms with van der Waals surface area (Å²) in [4.78, 5) is 15.2. The second-order valence-corrected chi connectivity index (χ2v) is 9.57. The second-order valence-electron chi connectivity index (χ2n) is 9.57. The highest BCUT2D eigenvalue weighted by molar-refractivity contribution is 6.02. The van der Waals surface area contributed by atoms with Gasteiger partial charge in [-0.05, 0) is 86.4 Å². The fraction of sp³-hybridized carbons (Fsp3) is 0.379. The Morgan fingerprint density at radius 3 is 2.80 bits per heavy atom. The molecule has 6 nitrogen and oxygen atoms in total. The zero-order valence-corrected chi connectivity index (χ0v) is 20.8. The highest BCUT2D eigenvalue weighted by Crippen LogP contribution is 2.31. The van der Waals surface area contributed by atoms with Gasteiger partial charge < -0.3 is 10.1 Å². The molecule has 1 unspecified atom stereocenters. The Labute approximate surface area is 206 Å². The van der Waals surface area contributed by atoms with Gasteiger partial charge in [0.1, 0.15) is 12.4 Å². The number of aromatic nitrogens is 2. The number of nitrogens with zero attached hydrogens (tertiary/aromatic N) is 2. The van der Waals surface area contributed by atoms with Crippen LogP contribution in [0, 0.1) is 0 Å². The van der Waals surface area contributed by atoms with Crippen molar-refractivity contribution in [1.29, 1.82) is 0 Å². The van der Waals surface area contributed by atoms with E-state index in [0.717, 1.165) is 58.3 Å². The van der Waals surface area contributed by atoms with Gasteiger partial charge in [0.15, 0.2) is 0 Å². The fourth-order valence-corrected chi connectivity index (χ4v) is 4.94. The first kappa shape index (κ1) is 23.4. The molecule has 1 saturated heterocycles. The highest BCUT2D eigenvalue weighted by Gasteiger charge is 2.23. The van der Waals surface area contributed by atoms with E-state index in [1.165, 1.54) is 19.4 Å². The number of likely N-dealkylation sites (N-methyl/N-ethyl adjacent to an activating group) is 1. The molecule has 1 amide bonds. The first-order valence-corrected chi connectivity index (χ1v) is 12.8. The fourth-order valence-electron chi connectivity index (χ4n) is 4.94. The lowest BCUT2D eigenvalue weighted by atomic mass is 10.0. The van der Waals surface area contributed by atoms with E-state index in [0.29, 0.717) is 11.6 Å². The lowest BCUT2D eigenvalue weighted by Crippen LogP contribution is -2.33. The molecule has 0 spiro atoms. The van der Waals surface area contributed by atoms with Crippen LogP contribution < -0.4 is 10.1 Å². The zero-order valence-electron chi connectivity index (χ0n) is 20.8. The topological polar surface area (TPSA) is 70.2 Å². The number of hydrogen-bond donors (Lipinski definition) is 2. The molecule has 1 aliphatic rings. The van der Waals surface area contributed by atoms with Crippen LogP contribution in [0.5, 0.6) is 5.75 Å². The predicted octanol–water partition coefficient (Wildman–Crippen LogP) is 5.77. The van der Waals surface area contributed by atoms with Crippen LogP contribution in [0.25, 0.3) is 32.9 Å². The van der Waals surface area contributed by atoms with Crippen LogP contribution in [0.4, 0.5) is 0 Å². The molecule has 5 rings (SSSR count). The number of hydrogen-bond acceptors (Lipinski definition) is 4. The molecule has 0 aliphatic carbocycles. The molecular formula is C29H34N4O2. The van der Waals surface area contributed by atoms with E-state index >= 15 is 0 Å². The van der Waals surface area contributed by atoms with Crippen molar-refractivity contribution in [1.82, 2.24) is 20.4 Å². The molecule has 182 valence electrons. The lowest BCUT2D eigenvalue weighted by molar-refractivity contribution is 0.0939. The van der Waals surface area contributed by atoms with Crippen LogP contribution in [0.2, 0.25) is 0 Å². The number of rotatable bonds is 8. The molecule has 1 aliphatic heterocycles. The number of ether oxygens (including phenoxy) is 1. The number of nitrogens with one attached hydrogen (secondary N) is 2. The monoisotopic (exact) mass is 470 g/mol. The third-order valence-corrected chi connectivity index (χ3v) is 7.25.